The van der Waals surface area contributed by atoms with Gasteiger partial charge in [0.1, 0.15) is 33.1 Å². The van der Waals surface area contributed by atoms with Crippen LogP contribution in [0.3, 0.4) is 0 Å². The Kier molecular flexibility index (Phi) is 4.81. The molecule has 0 saturated carbocycles. The first-order chi connectivity index (χ1) is 11.5. The van der Waals surface area contributed by atoms with Crippen molar-refractivity contribution in [2.45, 2.75) is 20.5 Å². The maximum Gasteiger partial charge on any atom is 0.269 e. The zero-order valence-corrected chi connectivity index (χ0v) is 14.5. The van der Waals surface area contributed by atoms with Crippen LogP contribution in [0.25, 0.3) is 0 Å². The minimum Gasteiger partial charge on any atom is -0.486 e. The number of benzene rings is 1. The van der Waals surface area contributed by atoms with Crippen molar-refractivity contribution >= 4 is 33.7 Å². The molecule has 2 heterocycles. The summed E-state index contributed by atoms with van der Waals surface area (Å²) in [5.74, 6) is -0.0490. The first kappa shape index (κ1) is 16.5. The molecule has 0 radical (unpaired) electrons. The molecule has 0 unspecified atom stereocenters. The molecular formula is C15H13FN4O2S2. The van der Waals surface area contributed by atoms with Gasteiger partial charge in [0.25, 0.3) is 5.91 Å². The molecule has 0 aliphatic rings. The Morgan fingerprint density at radius 2 is 1.96 bits per heavy atom. The maximum absolute atomic E-state index is 12.9. The number of hydrogen-bond donors (Lipinski definition) is 1. The molecule has 1 N–H and O–H groups in total. The lowest BCUT2D eigenvalue weighted by Crippen LogP contribution is -2.11. The Hall–Kier alpha value is -2.39. The number of rotatable bonds is 5. The highest BCUT2D eigenvalue weighted by Crippen LogP contribution is 2.22. The van der Waals surface area contributed by atoms with E-state index in [0.29, 0.717) is 26.5 Å². The smallest absolute Gasteiger partial charge is 0.269 e. The molecule has 2 aromatic heterocycles. The fraction of sp³-hybridized carbons (Fsp3) is 0.200. The van der Waals surface area contributed by atoms with Crippen LogP contribution in [0, 0.1) is 19.7 Å². The van der Waals surface area contributed by atoms with Crippen LogP contribution in [0.15, 0.2) is 24.3 Å². The van der Waals surface area contributed by atoms with Crippen LogP contribution in [-0.2, 0) is 6.61 Å². The molecule has 0 saturated heterocycles. The van der Waals surface area contributed by atoms with Gasteiger partial charge in [0.05, 0.1) is 5.69 Å². The van der Waals surface area contributed by atoms with Crippen molar-refractivity contribution in [2.75, 3.05) is 5.32 Å². The molecular weight excluding hydrogens is 351 g/mol. The molecule has 0 aliphatic heterocycles. The minimum absolute atomic E-state index is 0.211. The van der Waals surface area contributed by atoms with Crippen molar-refractivity contribution in [1.82, 2.24) is 15.2 Å². The van der Waals surface area contributed by atoms with E-state index in [4.69, 9.17) is 4.74 Å². The zero-order valence-electron chi connectivity index (χ0n) is 12.9. The van der Waals surface area contributed by atoms with E-state index in [1.165, 1.54) is 34.8 Å². The lowest BCUT2D eigenvalue weighted by Gasteiger charge is -2.03. The third-order valence-electron chi connectivity index (χ3n) is 2.97. The van der Waals surface area contributed by atoms with Gasteiger partial charge in [-0.05, 0) is 38.1 Å². The third kappa shape index (κ3) is 3.92. The van der Waals surface area contributed by atoms with Gasteiger partial charge in [-0.1, -0.05) is 11.3 Å². The normalized spacial score (nSPS) is 10.6. The highest BCUT2D eigenvalue weighted by molar-refractivity contribution is 7.16. The number of aromatic nitrogens is 3. The maximum atomic E-state index is 12.9. The first-order valence-corrected chi connectivity index (χ1v) is 8.60. The summed E-state index contributed by atoms with van der Waals surface area (Å²) in [7, 11) is 0. The molecule has 0 aliphatic carbocycles. The molecule has 0 atom stereocenters. The number of thiazole rings is 1. The molecule has 0 bridgehead atoms. The standard InChI is InChI=1S/C15H13FN4O2S2/c1-8-13(14(21)18-15-20-19-9(2)23-15)24-12(17-8)7-22-11-5-3-10(16)4-6-11/h3-6H,7H2,1-2H3,(H,18,20,21). The van der Waals surface area contributed by atoms with Gasteiger partial charge in [-0.2, -0.15) is 0 Å². The Balaban J connectivity index is 1.65. The van der Waals surface area contributed by atoms with Crippen LogP contribution in [0.1, 0.15) is 25.4 Å². The van der Waals surface area contributed by atoms with Gasteiger partial charge < -0.3 is 4.74 Å². The van der Waals surface area contributed by atoms with Gasteiger partial charge in [0.2, 0.25) is 5.13 Å². The van der Waals surface area contributed by atoms with E-state index in [1.807, 2.05) is 6.92 Å². The summed E-state index contributed by atoms with van der Waals surface area (Å²) in [6.07, 6.45) is 0. The summed E-state index contributed by atoms with van der Waals surface area (Å²) in [6.45, 7) is 3.79. The van der Waals surface area contributed by atoms with Crippen molar-refractivity contribution in [3.8, 4) is 5.75 Å². The van der Waals surface area contributed by atoms with Crippen molar-refractivity contribution in [1.29, 1.82) is 0 Å². The number of carbonyl (C=O) groups excluding carboxylic acids is 1. The molecule has 0 fully saturated rings. The molecule has 9 heteroatoms. The quantitative estimate of drug-likeness (QED) is 0.749. The van der Waals surface area contributed by atoms with Gasteiger partial charge >= 0.3 is 0 Å². The molecule has 124 valence electrons. The molecule has 0 spiro atoms. The number of hydrogen-bond acceptors (Lipinski definition) is 7. The number of carbonyl (C=O) groups is 1. The molecule has 3 rings (SSSR count). The summed E-state index contributed by atoms with van der Waals surface area (Å²) < 4.78 is 18.4. The highest BCUT2D eigenvalue weighted by atomic mass is 32.1. The predicted molar refractivity (Wildman–Crippen MR) is 90.2 cm³/mol. The van der Waals surface area contributed by atoms with Gasteiger partial charge in [0.15, 0.2) is 0 Å². The van der Waals surface area contributed by atoms with Crippen LogP contribution in [-0.4, -0.2) is 21.1 Å². The predicted octanol–water partition coefficient (Wildman–Crippen LogP) is 3.58. The third-order valence-corrected chi connectivity index (χ3v) is 4.85. The zero-order chi connectivity index (χ0) is 17.1. The largest absolute Gasteiger partial charge is 0.486 e. The second-order valence-corrected chi connectivity index (χ2v) is 7.11. The van der Waals surface area contributed by atoms with E-state index in [-0.39, 0.29) is 18.3 Å². The number of nitrogens with one attached hydrogen (secondary N) is 1. The molecule has 6 nitrogen and oxygen atoms in total. The van der Waals surface area contributed by atoms with Gasteiger partial charge in [-0.25, -0.2) is 9.37 Å². The Labute approximate surface area is 145 Å². The number of ether oxygens (including phenoxy) is 1. The summed E-state index contributed by atoms with van der Waals surface area (Å²) in [6, 6.07) is 5.74. The lowest BCUT2D eigenvalue weighted by molar-refractivity contribution is 0.102. The average Bonchev–Trinajstić information content (AvgIpc) is 3.12. The SMILES string of the molecule is Cc1nnc(NC(=O)c2sc(COc3ccc(F)cc3)nc2C)s1. The second-order valence-electron chi connectivity index (χ2n) is 4.85. The van der Waals surface area contributed by atoms with E-state index in [2.05, 4.69) is 20.5 Å². The van der Waals surface area contributed by atoms with Crippen LogP contribution in [0.2, 0.25) is 0 Å². The van der Waals surface area contributed by atoms with Gasteiger partial charge in [-0.15, -0.1) is 21.5 Å². The Bertz CT molecular complexity index is 861. The minimum atomic E-state index is -0.321. The van der Waals surface area contributed by atoms with Crippen molar-refractivity contribution in [3.05, 3.63) is 50.7 Å². The van der Waals surface area contributed by atoms with E-state index in [0.717, 1.165) is 5.01 Å². The highest BCUT2D eigenvalue weighted by Gasteiger charge is 2.17. The first-order valence-electron chi connectivity index (χ1n) is 6.97. The summed E-state index contributed by atoms with van der Waals surface area (Å²) in [5.41, 5.74) is 0.622. The number of anilines is 1. The number of nitrogens with zero attached hydrogens (tertiary/aromatic N) is 3. The molecule has 1 amide bonds. The Morgan fingerprint density at radius 3 is 2.62 bits per heavy atom. The van der Waals surface area contributed by atoms with Crippen molar-refractivity contribution < 1.29 is 13.9 Å². The second kappa shape index (κ2) is 7.02. The summed E-state index contributed by atoms with van der Waals surface area (Å²) in [5, 5.41) is 12.3. The van der Waals surface area contributed by atoms with E-state index in [9.17, 15) is 9.18 Å². The average molecular weight is 364 g/mol. The van der Waals surface area contributed by atoms with Crippen molar-refractivity contribution in [3.63, 3.8) is 0 Å². The van der Waals surface area contributed by atoms with Gasteiger partial charge in [-0.3, -0.25) is 10.1 Å². The lowest BCUT2D eigenvalue weighted by atomic mass is 10.3. The number of aryl methyl sites for hydroxylation is 2. The van der Waals surface area contributed by atoms with Crippen LogP contribution in [0.5, 0.6) is 5.75 Å². The topological polar surface area (TPSA) is 77.0 Å². The van der Waals surface area contributed by atoms with E-state index in [1.54, 1.807) is 19.1 Å². The number of halogens is 1. The van der Waals surface area contributed by atoms with E-state index >= 15 is 0 Å². The Morgan fingerprint density at radius 1 is 1.21 bits per heavy atom. The summed E-state index contributed by atoms with van der Waals surface area (Å²) in [4.78, 5) is 17.1. The van der Waals surface area contributed by atoms with Gasteiger partial charge in [0, 0.05) is 0 Å². The number of amides is 1. The monoisotopic (exact) mass is 364 g/mol. The van der Waals surface area contributed by atoms with E-state index < -0.39 is 0 Å². The van der Waals surface area contributed by atoms with Crippen LogP contribution >= 0.6 is 22.7 Å². The fourth-order valence-corrected chi connectivity index (χ4v) is 3.36. The molecule has 3 aromatic rings. The van der Waals surface area contributed by atoms with Crippen LogP contribution < -0.4 is 10.1 Å². The van der Waals surface area contributed by atoms with Crippen molar-refractivity contribution in [2.24, 2.45) is 0 Å². The molecule has 24 heavy (non-hydrogen) atoms. The molecule has 1 aromatic carbocycles. The summed E-state index contributed by atoms with van der Waals surface area (Å²) >= 11 is 2.56. The fourth-order valence-electron chi connectivity index (χ4n) is 1.90. The van der Waals surface area contributed by atoms with Crippen LogP contribution in [0.4, 0.5) is 9.52 Å².